The van der Waals surface area contributed by atoms with Crippen LogP contribution in [0.5, 0.6) is 5.75 Å². The molecule has 1 atom stereocenters. The maximum atomic E-state index is 12.1. The quantitative estimate of drug-likeness (QED) is 0.795. The molecule has 0 bridgehead atoms. The minimum absolute atomic E-state index is 0.239. The predicted molar refractivity (Wildman–Crippen MR) is 97.1 cm³/mol. The molecule has 0 aliphatic carbocycles. The average molecular weight is 340 g/mol. The van der Waals surface area contributed by atoms with Crippen molar-refractivity contribution in [2.24, 2.45) is 0 Å². The summed E-state index contributed by atoms with van der Waals surface area (Å²) in [6.07, 6.45) is 0.210. The van der Waals surface area contributed by atoms with Crippen molar-refractivity contribution in [1.82, 2.24) is 10.9 Å². The fourth-order valence-corrected chi connectivity index (χ4v) is 2.41. The van der Waals surface area contributed by atoms with Crippen molar-refractivity contribution in [3.63, 3.8) is 0 Å². The molecule has 0 spiro atoms. The second-order valence-corrected chi connectivity index (χ2v) is 6.00. The number of hydrazine groups is 1. The van der Waals surface area contributed by atoms with Gasteiger partial charge in [0.05, 0.1) is 0 Å². The second kappa shape index (κ2) is 8.87. The van der Waals surface area contributed by atoms with Crippen molar-refractivity contribution in [2.75, 3.05) is 0 Å². The Labute approximate surface area is 148 Å². The summed E-state index contributed by atoms with van der Waals surface area (Å²) in [6.45, 7) is 5.51. The first kappa shape index (κ1) is 18.5. The number of ether oxygens (including phenoxy) is 1. The molecule has 0 aromatic heterocycles. The Morgan fingerprint density at radius 3 is 2.24 bits per heavy atom. The number of hydrogen-bond acceptors (Lipinski definition) is 3. The molecule has 5 nitrogen and oxygen atoms in total. The Balaban J connectivity index is 1.78. The Kier molecular flexibility index (Phi) is 6.57. The van der Waals surface area contributed by atoms with Crippen molar-refractivity contribution >= 4 is 11.8 Å². The molecule has 0 radical (unpaired) electrons. The van der Waals surface area contributed by atoms with Gasteiger partial charge in [0, 0.05) is 6.42 Å². The summed E-state index contributed by atoms with van der Waals surface area (Å²) in [7, 11) is 0. The fraction of sp³-hybridized carbons (Fsp3) is 0.300. The van der Waals surface area contributed by atoms with Gasteiger partial charge in [-0.1, -0.05) is 48.5 Å². The largest absolute Gasteiger partial charge is 0.480 e. The van der Waals surface area contributed by atoms with Gasteiger partial charge in [-0.25, -0.2) is 0 Å². The van der Waals surface area contributed by atoms with Crippen molar-refractivity contribution in [2.45, 2.75) is 39.7 Å². The number of benzene rings is 2. The molecule has 2 aromatic rings. The van der Waals surface area contributed by atoms with E-state index in [1.807, 2.05) is 62.4 Å². The van der Waals surface area contributed by atoms with Crippen LogP contribution in [-0.2, 0) is 16.0 Å². The molecule has 0 fully saturated rings. The monoisotopic (exact) mass is 340 g/mol. The summed E-state index contributed by atoms with van der Waals surface area (Å²) in [5.74, 6) is 0.0627. The highest BCUT2D eigenvalue weighted by Gasteiger charge is 2.17. The summed E-state index contributed by atoms with van der Waals surface area (Å²) >= 11 is 0. The van der Waals surface area contributed by atoms with Crippen molar-refractivity contribution in [1.29, 1.82) is 0 Å². The Hall–Kier alpha value is -2.82. The maximum absolute atomic E-state index is 12.1. The SMILES string of the molecule is Cc1cccc(C)c1OC(C)C(=O)NNC(=O)CCc1ccccc1. The minimum Gasteiger partial charge on any atom is -0.480 e. The average Bonchev–Trinajstić information content (AvgIpc) is 2.61. The van der Waals surface area contributed by atoms with Crippen LogP contribution in [0.25, 0.3) is 0 Å². The number of carbonyl (C=O) groups is 2. The molecule has 5 heteroatoms. The van der Waals surface area contributed by atoms with E-state index >= 15 is 0 Å². The van der Waals surface area contributed by atoms with Crippen LogP contribution >= 0.6 is 0 Å². The molecule has 0 aliphatic rings. The molecule has 2 rings (SSSR count). The van der Waals surface area contributed by atoms with Gasteiger partial charge < -0.3 is 4.74 Å². The number of nitrogens with one attached hydrogen (secondary N) is 2. The summed E-state index contributed by atoms with van der Waals surface area (Å²) in [5.41, 5.74) is 7.85. The van der Waals surface area contributed by atoms with Crippen molar-refractivity contribution < 1.29 is 14.3 Å². The van der Waals surface area contributed by atoms with E-state index < -0.39 is 12.0 Å². The highest BCUT2D eigenvalue weighted by Crippen LogP contribution is 2.23. The lowest BCUT2D eigenvalue weighted by molar-refractivity contribution is -0.132. The van der Waals surface area contributed by atoms with Gasteiger partial charge in [-0.15, -0.1) is 0 Å². The molecule has 2 N–H and O–H groups in total. The van der Waals surface area contributed by atoms with Gasteiger partial charge in [-0.3, -0.25) is 20.4 Å². The van der Waals surface area contributed by atoms with Crippen LogP contribution in [-0.4, -0.2) is 17.9 Å². The zero-order valence-electron chi connectivity index (χ0n) is 14.8. The lowest BCUT2D eigenvalue weighted by Gasteiger charge is -2.18. The van der Waals surface area contributed by atoms with Crippen LogP contribution < -0.4 is 15.6 Å². The van der Waals surface area contributed by atoms with Crippen LogP contribution in [0.1, 0.15) is 30.0 Å². The van der Waals surface area contributed by atoms with E-state index in [0.29, 0.717) is 18.6 Å². The molecular weight excluding hydrogens is 316 g/mol. The van der Waals surface area contributed by atoms with Gasteiger partial charge >= 0.3 is 0 Å². The van der Waals surface area contributed by atoms with E-state index in [9.17, 15) is 9.59 Å². The first-order valence-corrected chi connectivity index (χ1v) is 8.33. The second-order valence-electron chi connectivity index (χ2n) is 6.00. The third-order valence-electron chi connectivity index (χ3n) is 3.88. The van der Waals surface area contributed by atoms with Crippen LogP contribution in [0.15, 0.2) is 48.5 Å². The third-order valence-corrected chi connectivity index (χ3v) is 3.88. The summed E-state index contributed by atoms with van der Waals surface area (Å²) in [4.78, 5) is 23.9. The summed E-state index contributed by atoms with van der Waals surface area (Å²) in [6, 6.07) is 15.5. The third kappa shape index (κ3) is 5.64. The van der Waals surface area contributed by atoms with E-state index in [1.54, 1.807) is 6.92 Å². The predicted octanol–water partition coefficient (Wildman–Crippen LogP) is 2.85. The van der Waals surface area contributed by atoms with E-state index in [2.05, 4.69) is 10.9 Å². The van der Waals surface area contributed by atoms with Gasteiger partial charge in [0.25, 0.3) is 5.91 Å². The molecule has 0 heterocycles. The zero-order valence-corrected chi connectivity index (χ0v) is 14.8. The normalized spacial score (nSPS) is 11.5. The number of rotatable bonds is 6. The molecule has 25 heavy (non-hydrogen) atoms. The fourth-order valence-electron chi connectivity index (χ4n) is 2.41. The molecule has 0 saturated carbocycles. The number of hydrogen-bond donors (Lipinski definition) is 2. The number of carbonyl (C=O) groups excluding carboxylic acids is 2. The van der Waals surface area contributed by atoms with Crippen LogP contribution in [0, 0.1) is 13.8 Å². The molecule has 1 unspecified atom stereocenters. The number of aryl methyl sites for hydroxylation is 3. The van der Waals surface area contributed by atoms with Crippen LogP contribution in [0.4, 0.5) is 0 Å². The number of para-hydroxylation sites is 1. The molecular formula is C20H24N2O3. The van der Waals surface area contributed by atoms with Gasteiger partial charge in [0.15, 0.2) is 6.10 Å². The zero-order chi connectivity index (χ0) is 18.2. The maximum Gasteiger partial charge on any atom is 0.279 e. The molecule has 0 saturated heterocycles. The lowest BCUT2D eigenvalue weighted by Crippen LogP contribution is -2.47. The Morgan fingerprint density at radius 1 is 0.960 bits per heavy atom. The van der Waals surface area contributed by atoms with Crippen molar-refractivity contribution in [3.8, 4) is 5.75 Å². The highest BCUT2D eigenvalue weighted by molar-refractivity contribution is 5.84. The smallest absolute Gasteiger partial charge is 0.279 e. The topological polar surface area (TPSA) is 67.4 Å². The Bertz CT molecular complexity index is 709. The van der Waals surface area contributed by atoms with E-state index in [4.69, 9.17) is 4.74 Å². The standard InChI is InChI=1S/C20H24N2O3/c1-14-8-7-9-15(2)19(14)25-16(3)20(24)22-21-18(23)13-12-17-10-5-4-6-11-17/h4-11,16H,12-13H2,1-3H3,(H,21,23)(H,22,24). The van der Waals surface area contributed by atoms with Gasteiger partial charge in [-0.2, -0.15) is 0 Å². The van der Waals surface area contributed by atoms with E-state index in [-0.39, 0.29) is 5.91 Å². The summed E-state index contributed by atoms with van der Waals surface area (Å²) in [5, 5.41) is 0. The van der Waals surface area contributed by atoms with Gasteiger partial charge in [-0.05, 0) is 43.9 Å². The van der Waals surface area contributed by atoms with E-state index in [0.717, 1.165) is 16.7 Å². The lowest BCUT2D eigenvalue weighted by atomic mass is 10.1. The molecule has 2 amide bonds. The van der Waals surface area contributed by atoms with Crippen LogP contribution in [0.2, 0.25) is 0 Å². The summed E-state index contributed by atoms with van der Waals surface area (Å²) < 4.78 is 5.74. The number of amides is 2. The Morgan fingerprint density at radius 2 is 1.60 bits per heavy atom. The van der Waals surface area contributed by atoms with Gasteiger partial charge in [0.1, 0.15) is 5.75 Å². The first-order chi connectivity index (χ1) is 12.0. The molecule has 2 aromatic carbocycles. The molecule has 132 valence electrons. The van der Waals surface area contributed by atoms with E-state index in [1.165, 1.54) is 0 Å². The minimum atomic E-state index is -0.714. The highest BCUT2D eigenvalue weighted by atomic mass is 16.5. The molecule has 0 aliphatic heterocycles. The van der Waals surface area contributed by atoms with Gasteiger partial charge in [0.2, 0.25) is 5.91 Å². The first-order valence-electron chi connectivity index (χ1n) is 8.33. The van der Waals surface area contributed by atoms with Crippen molar-refractivity contribution in [3.05, 3.63) is 65.2 Å². The van der Waals surface area contributed by atoms with Crippen LogP contribution in [0.3, 0.4) is 0 Å².